The van der Waals surface area contributed by atoms with Gasteiger partial charge in [-0.25, -0.2) is 4.39 Å². The number of hydrogen-bond acceptors (Lipinski definition) is 2. The molecule has 1 aromatic carbocycles. The Morgan fingerprint density at radius 3 is 2.82 bits per heavy atom. The molecule has 1 aliphatic rings. The molecule has 0 bridgehead atoms. The van der Waals surface area contributed by atoms with E-state index in [4.69, 9.17) is 5.26 Å². The molecule has 2 rings (SSSR count). The quantitative estimate of drug-likeness (QED) is 0.742. The molecular formula is C14H17FN2. The van der Waals surface area contributed by atoms with Crippen LogP contribution in [-0.4, -0.2) is 13.1 Å². The van der Waals surface area contributed by atoms with Crippen molar-refractivity contribution in [3.05, 3.63) is 29.6 Å². The highest BCUT2D eigenvalue weighted by molar-refractivity contribution is 5.59. The van der Waals surface area contributed by atoms with E-state index >= 15 is 0 Å². The van der Waals surface area contributed by atoms with Crippen LogP contribution < -0.4 is 4.90 Å². The third-order valence-corrected chi connectivity index (χ3v) is 3.32. The van der Waals surface area contributed by atoms with E-state index < -0.39 is 0 Å². The van der Waals surface area contributed by atoms with Crippen molar-refractivity contribution in [3.8, 4) is 6.07 Å². The summed E-state index contributed by atoms with van der Waals surface area (Å²) >= 11 is 0. The van der Waals surface area contributed by atoms with Crippen molar-refractivity contribution in [3.63, 3.8) is 0 Å². The minimum atomic E-state index is -0.346. The van der Waals surface area contributed by atoms with Crippen molar-refractivity contribution >= 4 is 5.69 Å². The molecule has 1 aromatic rings. The maximum Gasteiger partial charge on any atom is 0.124 e. The number of halogens is 1. The fourth-order valence-electron chi connectivity index (χ4n) is 2.50. The van der Waals surface area contributed by atoms with Crippen LogP contribution in [0.4, 0.5) is 10.1 Å². The minimum Gasteiger partial charge on any atom is -0.370 e. The lowest BCUT2D eigenvalue weighted by atomic mass is 9.84. The summed E-state index contributed by atoms with van der Waals surface area (Å²) in [5, 5.41) is 9.06. The molecule has 0 saturated carbocycles. The van der Waals surface area contributed by atoms with Gasteiger partial charge in [-0.1, -0.05) is 13.8 Å². The first-order chi connectivity index (χ1) is 8.02. The summed E-state index contributed by atoms with van der Waals surface area (Å²) in [6, 6.07) is 6.54. The number of piperidine rings is 1. The van der Waals surface area contributed by atoms with E-state index in [1.54, 1.807) is 6.07 Å². The zero-order chi connectivity index (χ0) is 12.5. The Bertz CT molecular complexity index is 460. The van der Waals surface area contributed by atoms with Crippen molar-refractivity contribution in [1.82, 2.24) is 0 Å². The van der Waals surface area contributed by atoms with E-state index in [9.17, 15) is 4.39 Å². The van der Waals surface area contributed by atoms with E-state index in [2.05, 4.69) is 24.8 Å². The summed E-state index contributed by atoms with van der Waals surface area (Å²) in [5.41, 5.74) is 1.56. The molecule has 1 heterocycles. The van der Waals surface area contributed by atoms with Gasteiger partial charge < -0.3 is 4.90 Å². The Morgan fingerprint density at radius 2 is 2.18 bits per heavy atom. The van der Waals surface area contributed by atoms with Crippen molar-refractivity contribution in [2.45, 2.75) is 26.7 Å². The molecule has 0 spiro atoms. The predicted molar refractivity (Wildman–Crippen MR) is 66.3 cm³/mol. The Morgan fingerprint density at radius 1 is 1.41 bits per heavy atom. The summed E-state index contributed by atoms with van der Waals surface area (Å²) in [4.78, 5) is 2.20. The monoisotopic (exact) mass is 232 g/mol. The molecule has 0 aliphatic carbocycles. The highest BCUT2D eigenvalue weighted by atomic mass is 19.1. The molecule has 0 radical (unpaired) electrons. The van der Waals surface area contributed by atoms with Gasteiger partial charge in [0.15, 0.2) is 0 Å². The van der Waals surface area contributed by atoms with Crippen molar-refractivity contribution < 1.29 is 4.39 Å². The van der Waals surface area contributed by atoms with Crippen molar-refractivity contribution in [2.75, 3.05) is 18.0 Å². The summed E-state index contributed by atoms with van der Waals surface area (Å²) in [7, 11) is 0. The summed E-state index contributed by atoms with van der Waals surface area (Å²) in [5.74, 6) is -0.346. The van der Waals surface area contributed by atoms with Crippen molar-refractivity contribution in [1.29, 1.82) is 5.26 Å². The van der Waals surface area contributed by atoms with Crippen molar-refractivity contribution in [2.24, 2.45) is 5.41 Å². The highest BCUT2D eigenvalue weighted by Gasteiger charge is 2.27. The largest absolute Gasteiger partial charge is 0.370 e. The minimum absolute atomic E-state index is 0.263. The fraction of sp³-hybridized carbons (Fsp3) is 0.500. The topological polar surface area (TPSA) is 27.0 Å². The maximum absolute atomic E-state index is 13.1. The van der Waals surface area contributed by atoms with Gasteiger partial charge in [0.1, 0.15) is 11.9 Å². The SMILES string of the molecule is CC1(C)CCCN(c2ccc(F)cc2C#N)C1. The van der Waals surface area contributed by atoms with Gasteiger partial charge in [0.2, 0.25) is 0 Å². The van der Waals surface area contributed by atoms with Crippen LogP contribution in [0.3, 0.4) is 0 Å². The number of anilines is 1. The second-order valence-corrected chi connectivity index (χ2v) is 5.46. The number of benzene rings is 1. The van der Waals surface area contributed by atoms with Gasteiger partial charge >= 0.3 is 0 Å². The molecule has 2 nitrogen and oxygen atoms in total. The molecule has 0 amide bonds. The van der Waals surface area contributed by atoms with E-state index in [0.29, 0.717) is 5.56 Å². The third-order valence-electron chi connectivity index (χ3n) is 3.32. The number of rotatable bonds is 1. The number of nitriles is 1. The van der Waals surface area contributed by atoms with Gasteiger partial charge in [-0.15, -0.1) is 0 Å². The molecular weight excluding hydrogens is 215 g/mol. The Labute approximate surface area is 102 Å². The Kier molecular flexibility index (Phi) is 3.06. The second-order valence-electron chi connectivity index (χ2n) is 5.46. The van der Waals surface area contributed by atoms with Crippen LogP contribution in [0.15, 0.2) is 18.2 Å². The van der Waals surface area contributed by atoms with Gasteiger partial charge in [0.05, 0.1) is 11.3 Å². The zero-order valence-corrected chi connectivity index (χ0v) is 10.3. The van der Waals surface area contributed by atoms with E-state index in [1.807, 2.05) is 0 Å². The van der Waals surface area contributed by atoms with E-state index in [-0.39, 0.29) is 11.2 Å². The number of nitrogens with zero attached hydrogens (tertiary/aromatic N) is 2. The normalized spacial score (nSPS) is 18.8. The molecule has 90 valence electrons. The van der Waals surface area contributed by atoms with Crippen LogP contribution in [0, 0.1) is 22.6 Å². The molecule has 17 heavy (non-hydrogen) atoms. The first-order valence-electron chi connectivity index (χ1n) is 5.96. The van der Waals surface area contributed by atoms with Gasteiger partial charge in [-0.2, -0.15) is 5.26 Å². The highest BCUT2D eigenvalue weighted by Crippen LogP contribution is 2.33. The standard InChI is InChI=1S/C14H17FN2/c1-14(2)6-3-7-17(10-14)13-5-4-12(15)8-11(13)9-16/h4-5,8H,3,6-7,10H2,1-2H3. The molecule has 0 unspecified atom stereocenters. The summed E-state index contributed by atoms with van der Waals surface area (Å²) in [6.45, 7) is 6.33. The lowest BCUT2D eigenvalue weighted by Gasteiger charge is -2.39. The van der Waals surface area contributed by atoms with Crippen LogP contribution >= 0.6 is 0 Å². The Balaban J connectivity index is 2.31. The lowest BCUT2D eigenvalue weighted by Crippen LogP contribution is -2.40. The number of hydrogen-bond donors (Lipinski definition) is 0. The molecule has 1 saturated heterocycles. The smallest absolute Gasteiger partial charge is 0.124 e. The first-order valence-corrected chi connectivity index (χ1v) is 5.96. The summed E-state index contributed by atoms with van der Waals surface area (Å²) in [6.07, 6.45) is 2.32. The average Bonchev–Trinajstić information content (AvgIpc) is 2.27. The fourth-order valence-corrected chi connectivity index (χ4v) is 2.50. The average molecular weight is 232 g/mol. The second kappa shape index (κ2) is 4.37. The Hall–Kier alpha value is -1.56. The molecule has 1 fully saturated rings. The van der Waals surface area contributed by atoms with Crippen LogP contribution in [0.5, 0.6) is 0 Å². The first kappa shape index (κ1) is 11.9. The molecule has 3 heteroatoms. The van der Waals surface area contributed by atoms with E-state index in [1.165, 1.54) is 18.6 Å². The summed E-state index contributed by atoms with van der Waals surface area (Å²) < 4.78 is 13.1. The maximum atomic E-state index is 13.1. The zero-order valence-electron chi connectivity index (χ0n) is 10.3. The van der Waals surface area contributed by atoms with Gasteiger partial charge in [0.25, 0.3) is 0 Å². The van der Waals surface area contributed by atoms with Crippen LogP contribution in [-0.2, 0) is 0 Å². The van der Waals surface area contributed by atoms with E-state index in [0.717, 1.165) is 25.2 Å². The molecule has 1 aliphatic heterocycles. The van der Waals surface area contributed by atoms with Crippen LogP contribution in [0.1, 0.15) is 32.3 Å². The van der Waals surface area contributed by atoms with Gasteiger partial charge in [0, 0.05) is 13.1 Å². The van der Waals surface area contributed by atoms with Crippen LogP contribution in [0.25, 0.3) is 0 Å². The third kappa shape index (κ3) is 2.58. The lowest BCUT2D eigenvalue weighted by molar-refractivity contribution is 0.293. The molecule has 0 atom stereocenters. The van der Waals surface area contributed by atoms with Gasteiger partial charge in [-0.05, 0) is 36.5 Å². The van der Waals surface area contributed by atoms with Crippen LogP contribution in [0.2, 0.25) is 0 Å². The van der Waals surface area contributed by atoms with Gasteiger partial charge in [-0.3, -0.25) is 0 Å². The molecule has 0 aromatic heterocycles. The molecule has 0 N–H and O–H groups in total. The predicted octanol–water partition coefficient (Wildman–Crippen LogP) is 3.32.